The molecular weight excluding hydrogens is 597 g/mol. The van der Waals surface area contributed by atoms with Gasteiger partial charge in [0, 0.05) is 44.2 Å². The standard InChI is InChI=1S/C45H32N4/c1-2-14-30(15-3-1)48-37-21-8-4-17-32(37)33-25-26-41-44(45(33)48)35-19-6-9-22-38(35)47(41)31-16-12-13-29(27-31)43-34-18-5-10-23-39(34)49-40-24-11-7-20-36(40)46-28-42(43)49/h1-4,6-11,14-17,19-28H,5,12-13,18H2. The minimum absolute atomic E-state index is 0.991. The first-order valence-electron chi connectivity index (χ1n) is 17.3. The normalized spacial score (nSPS) is 14.8. The summed E-state index contributed by atoms with van der Waals surface area (Å²) in [5.41, 5.74) is 16.3. The zero-order valence-electron chi connectivity index (χ0n) is 27.0. The molecule has 232 valence electrons. The summed E-state index contributed by atoms with van der Waals surface area (Å²) in [5.74, 6) is 0. The molecule has 0 N–H and O–H groups in total. The van der Waals surface area contributed by atoms with Crippen LogP contribution in [-0.2, 0) is 6.42 Å². The number of hydrogen-bond acceptors (Lipinski definition) is 1. The third kappa shape index (κ3) is 3.71. The summed E-state index contributed by atoms with van der Waals surface area (Å²) in [6, 6.07) is 41.8. The fraction of sp³-hybridized carbons (Fsp3) is 0.0889. The summed E-state index contributed by atoms with van der Waals surface area (Å²) in [4.78, 5) is 4.94. The molecule has 0 amide bonds. The molecule has 11 rings (SSSR count). The van der Waals surface area contributed by atoms with E-state index in [1.54, 1.807) is 0 Å². The fourth-order valence-electron chi connectivity index (χ4n) is 8.81. The Labute approximate surface area is 283 Å². The van der Waals surface area contributed by atoms with Gasteiger partial charge in [-0.1, -0.05) is 84.9 Å². The molecule has 0 aliphatic heterocycles. The van der Waals surface area contributed by atoms with Gasteiger partial charge in [0.1, 0.15) is 0 Å². The van der Waals surface area contributed by atoms with Crippen LogP contribution in [0.1, 0.15) is 36.1 Å². The number of benzene rings is 5. The lowest BCUT2D eigenvalue weighted by atomic mass is 9.90. The topological polar surface area (TPSA) is 27.2 Å². The molecule has 0 atom stereocenters. The van der Waals surface area contributed by atoms with Crippen LogP contribution >= 0.6 is 0 Å². The molecule has 9 aromatic rings. The minimum Gasteiger partial charge on any atom is -0.309 e. The largest absolute Gasteiger partial charge is 0.309 e. The average Bonchev–Trinajstić information content (AvgIpc) is 3.81. The van der Waals surface area contributed by atoms with Gasteiger partial charge in [-0.2, -0.15) is 0 Å². The number of para-hydroxylation sites is 5. The monoisotopic (exact) mass is 628 g/mol. The molecule has 4 aromatic heterocycles. The molecule has 0 fully saturated rings. The number of hydrogen-bond donors (Lipinski definition) is 0. The molecule has 0 saturated carbocycles. The van der Waals surface area contributed by atoms with Gasteiger partial charge in [-0.05, 0) is 91.4 Å². The first-order chi connectivity index (χ1) is 24.3. The number of nitrogens with zero attached hydrogens (tertiary/aromatic N) is 4. The highest BCUT2D eigenvalue weighted by atomic mass is 15.0. The van der Waals surface area contributed by atoms with Crippen LogP contribution in [0.5, 0.6) is 0 Å². The van der Waals surface area contributed by atoms with Gasteiger partial charge in [0.2, 0.25) is 0 Å². The van der Waals surface area contributed by atoms with E-state index < -0.39 is 0 Å². The van der Waals surface area contributed by atoms with Crippen molar-refractivity contribution in [3.05, 3.63) is 157 Å². The highest BCUT2D eigenvalue weighted by molar-refractivity contribution is 6.26. The van der Waals surface area contributed by atoms with Gasteiger partial charge in [-0.25, -0.2) is 0 Å². The zero-order chi connectivity index (χ0) is 32.1. The third-order valence-electron chi connectivity index (χ3n) is 10.8. The third-order valence-corrected chi connectivity index (χ3v) is 10.8. The Bertz CT molecular complexity index is 2920. The van der Waals surface area contributed by atoms with Gasteiger partial charge in [0.25, 0.3) is 0 Å². The van der Waals surface area contributed by atoms with Crippen molar-refractivity contribution in [2.75, 3.05) is 0 Å². The molecule has 4 nitrogen and oxygen atoms in total. The molecule has 0 unspecified atom stereocenters. The van der Waals surface area contributed by atoms with Crippen LogP contribution < -0.4 is 0 Å². The molecule has 5 aromatic carbocycles. The predicted octanol–water partition coefficient (Wildman–Crippen LogP) is 11.4. The molecular formula is C45H32N4. The Kier molecular flexibility index (Phi) is 5.59. The second kappa shape index (κ2) is 10.2. The first-order valence-corrected chi connectivity index (χ1v) is 17.3. The van der Waals surface area contributed by atoms with Crippen molar-refractivity contribution in [1.82, 2.24) is 18.5 Å². The summed E-state index contributed by atoms with van der Waals surface area (Å²) in [7, 11) is 0. The molecule has 0 bridgehead atoms. The SMILES string of the molecule is C1=Cc2c(c(C3=CC(n4c5ccccc5c5c4ccc4c6ccccc6n(-c6ccccc6)c45)=CCC3)c3cnc4ccccc4n23)CC1. The van der Waals surface area contributed by atoms with E-state index in [1.807, 2.05) is 0 Å². The molecule has 0 spiro atoms. The Hall–Kier alpha value is -6.13. The first kappa shape index (κ1) is 26.9. The van der Waals surface area contributed by atoms with E-state index in [9.17, 15) is 0 Å². The summed E-state index contributed by atoms with van der Waals surface area (Å²) in [6.07, 6.45) is 15.8. The number of allylic oxidation sites excluding steroid dienone is 5. The second-order valence-electron chi connectivity index (χ2n) is 13.4. The quantitative estimate of drug-likeness (QED) is 0.191. The van der Waals surface area contributed by atoms with Crippen LogP contribution in [0, 0.1) is 0 Å². The van der Waals surface area contributed by atoms with Gasteiger partial charge in [-0.3, -0.25) is 4.98 Å². The van der Waals surface area contributed by atoms with E-state index in [-0.39, 0.29) is 0 Å². The van der Waals surface area contributed by atoms with Gasteiger partial charge in [0.05, 0.1) is 44.8 Å². The van der Waals surface area contributed by atoms with Crippen molar-refractivity contribution in [1.29, 1.82) is 0 Å². The molecule has 2 aliphatic rings. The Morgan fingerprint density at radius 1 is 0.571 bits per heavy atom. The van der Waals surface area contributed by atoms with Gasteiger partial charge in [0.15, 0.2) is 0 Å². The lowest BCUT2D eigenvalue weighted by Gasteiger charge is -2.18. The number of aromatic nitrogens is 4. The highest BCUT2D eigenvalue weighted by Crippen LogP contribution is 2.44. The second-order valence-corrected chi connectivity index (χ2v) is 13.4. The maximum absolute atomic E-state index is 4.94. The van der Waals surface area contributed by atoms with Crippen molar-refractivity contribution in [2.45, 2.75) is 25.7 Å². The van der Waals surface area contributed by atoms with Gasteiger partial charge in [-0.15, -0.1) is 0 Å². The number of fused-ring (bicyclic) bond motifs is 12. The minimum atomic E-state index is 0.991. The van der Waals surface area contributed by atoms with E-state index in [0.717, 1.165) is 31.2 Å². The predicted molar refractivity (Wildman–Crippen MR) is 205 cm³/mol. The van der Waals surface area contributed by atoms with Crippen molar-refractivity contribution < 1.29 is 0 Å². The molecule has 4 heteroatoms. The summed E-state index contributed by atoms with van der Waals surface area (Å²) >= 11 is 0. The highest BCUT2D eigenvalue weighted by Gasteiger charge is 2.26. The summed E-state index contributed by atoms with van der Waals surface area (Å²) in [5, 5.41) is 5.13. The van der Waals surface area contributed by atoms with Crippen LogP contribution in [0.4, 0.5) is 0 Å². The van der Waals surface area contributed by atoms with Crippen molar-refractivity contribution in [3.63, 3.8) is 0 Å². The molecule has 0 saturated heterocycles. The van der Waals surface area contributed by atoms with E-state index in [4.69, 9.17) is 4.98 Å². The smallest absolute Gasteiger partial charge is 0.0871 e. The Balaban J connectivity index is 1.20. The average molecular weight is 629 g/mol. The van der Waals surface area contributed by atoms with Crippen LogP contribution in [0.25, 0.3) is 83.2 Å². The molecule has 49 heavy (non-hydrogen) atoms. The van der Waals surface area contributed by atoms with Crippen LogP contribution in [0.2, 0.25) is 0 Å². The lowest BCUT2D eigenvalue weighted by molar-refractivity contribution is 0.967. The van der Waals surface area contributed by atoms with E-state index in [2.05, 4.69) is 159 Å². The van der Waals surface area contributed by atoms with Crippen molar-refractivity contribution >= 4 is 77.5 Å². The van der Waals surface area contributed by atoms with Crippen molar-refractivity contribution in [3.8, 4) is 5.69 Å². The zero-order valence-corrected chi connectivity index (χ0v) is 27.0. The maximum atomic E-state index is 4.94. The molecule has 0 radical (unpaired) electrons. The fourth-order valence-corrected chi connectivity index (χ4v) is 8.81. The summed E-state index contributed by atoms with van der Waals surface area (Å²) < 4.78 is 7.42. The summed E-state index contributed by atoms with van der Waals surface area (Å²) in [6.45, 7) is 0. The molecule has 2 aliphatic carbocycles. The number of rotatable bonds is 3. The van der Waals surface area contributed by atoms with Crippen LogP contribution in [0.15, 0.2) is 140 Å². The van der Waals surface area contributed by atoms with Crippen molar-refractivity contribution in [2.24, 2.45) is 0 Å². The van der Waals surface area contributed by atoms with Gasteiger partial charge < -0.3 is 13.5 Å². The van der Waals surface area contributed by atoms with Crippen LogP contribution in [-0.4, -0.2) is 18.5 Å². The Morgan fingerprint density at radius 2 is 1.33 bits per heavy atom. The van der Waals surface area contributed by atoms with Crippen LogP contribution in [0.3, 0.4) is 0 Å². The van der Waals surface area contributed by atoms with E-state index in [1.165, 1.54) is 88.4 Å². The Morgan fingerprint density at radius 3 is 2.20 bits per heavy atom. The lowest BCUT2D eigenvalue weighted by Crippen LogP contribution is -2.02. The van der Waals surface area contributed by atoms with E-state index in [0.29, 0.717) is 0 Å². The maximum Gasteiger partial charge on any atom is 0.0871 e. The molecule has 4 heterocycles. The van der Waals surface area contributed by atoms with E-state index >= 15 is 0 Å². The van der Waals surface area contributed by atoms with Gasteiger partial charge >= 0.3 is 0 Å².